The molecule has 1 aliphatic heterocycles. The molecule has 0 aliphatic carbocycles. The van der Waals surface area contributed by atoms with Crippen molar-refractivity contribution in [2.75, 3.05) is 11.5 Å². The number of phenols is 1. The summed E-state index contributed by atoms with van der Waals surface area (Å²) in [6.07, 6.45) is 0. The smallest absolute Gasteiger partial charge is 0.300 e. The lowest BCUT2D eigenvalue weighted by atomic mass is 9.95. The number of amides is 1. The second-order valence-corrected chi connectivity index (χ2v) is 8.91. The Kier molecular flexibility index (Phi) is 6.61. The number of hydrogen-bond acceptors (Lipinski definition) is 5. The molecule has 0 aromatic heterocycles. The average molecular weight is 478 g/mol. The SMILES string of the molecule is CC(C)COc1ccc(/C(O)=C2\C(=O)C(=O)N(c3cccc(Cl)c3)C2c2cccc(O)c2)cc1. The highest BCUT2D eigenvalue weighted by Gasteiger charge is 2.47. The van der Waals surface area contributed by atoms with Gasteiger partial charge in [0.15, 0.2) is 0 Å². The number of nitrogens with zero attached hydrogens (tertiary/aromatic N) is 1. The summed E-state index contributed by atoms with van der Waals surface area (Å²) in [4.78, 5) is 27.6. The van der Waals surface area contributed by atoms with Gasteiger partial charge in [0.1, 0.15) is 17.3 Å². The minimum absolute atomic E-state index is 0.0270. The molecule has 1 unspecified atom stereocenters. The van der Waals surface area contributed by atoms with Gasteiger partial charge in [-0.05, 0) is 66.1 Å². The first-order valence-corrected chi connectivity index (χ1v) is 11.2. The van der Waals surface area contributed by atoms with Crippen molar-refractivity contribution >= 4 is 34.7 Å². The fourth-order valence-corrected chi connectivity index (χ4v) is 4.05. The number of phenolic OH excluding ortho intramolecular Hbond substituents is 1. The molecule has 0 bridgehead atoms. The number of aromatic hydroxyl groups is 1. The molecule has 0 saturated carbocycles. The van der Waals surface area contributed by atoms with Gasteiger partial charge in [0.25, 0.3) is 11.7 Å². The molecule has 2 N–H and O–H groups in total. The number of anilines is 1. The van der Waals surface area contributed by atoms with Crippen molar-refractivity contribution in [1.82, 2.24) is 0 Å². The number of hydrogen-bond donors (Lipinski definition) is 2. The summed E-state index contributed by atoms with van der Waals surface area (Å²) in [5.41, 5.74) is 1.16. The summed E-state index contributed by atoms with van der Waals surface area (Å²) in [6.45, 7) is 4.63. The van der Waals surface area contributed by atoms with Crippen LogP contribution in [-0.2, 0) is 9.59 Å². The van der Waals surface area contributed by atoms with Gasteiger partial charge in [-0.25, -0.2) is 0 Å². The van der Waals surface area contributed by atoms with Crippen LogP contribution in [-0.4, -0.2) is 28.5 Å². The molecule has 1 saturated heterocycles. The molecule has 4 rings (SSSR count). The van der Waals surface area contributed by atoms with Crippen molar-refractivity contribution in [2.24, 2.45) is 5.92 Å². The first-order valence-electron chi connectivity index (χ1n) is 10.8. The average Bonchev–Trinajstić information content (AvgIpc) is 3.08. The number of aliphatic hydroxyl groups excluding tert-OH is 1. The van der Waals surface area contributed by atoms with Crippen LogP contribution in [0.2, 0.25) is 5.02 Å². The van der Waals surface area contributed by atoms with Crippen LogP contribution in [0.5, 0.6) is 11.5 Å². The van der Waals surface area contributed by atoms with E-state index >= 15 is 0 Å². The number of carbonyl (C=O) groups excluding carboxylic acids is 2. The number of ether oxygens (including phenoxy) is 1. The Balaban J connectivity index is 1.83. The normalized spacial score (nSPS) is 17.4. The maximum atomic E-state index is 13.2. The van der Waals surface area contributed by atoms with Gasteiger partial charge in [-0.15, -0.1) is 0 Å². The fourth-order valence-electron chi connectivity index (χ4n) is 3.86. The quantitative estimate of drug-likeness (QED) is 0.270. The maximum absolute atomic E-state index is 13.2. The zero-order valence-electron chi connectivity index (χ0n) is 18.7. The largest absolute Gasteiger partial charge is 0.508 e. The Morgan fingerprint density at radius 2 is 1.74 bits per heavy atom. The van der Waals surface area contributed by atoms with E-state index in [4.69, 9.17) is 16.3 Å². The number of rotatable bonds is 6. The zero-order valence-corrected chi connectivity index (χ0v) is 19.5. The summed E-state index contributed by atoms with van der Waals surface area (Å²) in [5.74, 6) is -0.973. The van der Waals surface area contributed by atoms with Crippen molar-refractivity contribution in [1.29, 1.82) is 0 Å². The molecule has 34 heavy (non-hydrogen) atoms. The minimum atomic E-state index is -0.956. The summed E-state index contributed by atoms with van der Waals surface area (Å²) in [5, 5.41) is 21.6. The lowest BCUT2D eigenvalue weighted by Crippen LogP contribution is -2.29. The Bertz CT molecular complexity index is 1270. The summed E-state index contributed by atoms with van der Waals surface area (Å²) < 4.78 is 5.69. The van der Waals surface area contributed by atoms with Crippen LogP contribution >= 0.6 is 11.6 Å². The third-order valence-electron chi connectivity index (χ3n) is 5.43. The minimum Gasteiger partial charge on any atom is -0.508 e. The van der Waals surface area contributed by atoms with E-state index in [9.17, 15) is 19.8 Å². The van der Waals surface area contributed by atoms with Crippen LogP contribution in [0.4, 0.5) is 5.69 Å². The van der Waals surface area contributed by atoms with E-state index < -0.39 is 17.7 Å². The van der Waals surface area contributed by atoms with E-state index in [1.165, 1.54) is 17.0 Å². The summed E-state index contributed by atoms with van der Waals surface area (Å²) >= 11 is 6.14. The van der Waals surface area contributed by atoms with Crippen molar-refractivity contribution < 1.29 is 24.5 Å². The molecule has 0 spiro atoms. The second kappa shape index (κ2) is 9.61. The second-order valence-electron chi connectivity index (χ2n) is 8.47. The third kappa shape index (κ3) is 4.63. The van der Waals surface area contributed by atoms with Crippen LogP contribution in [0.3, 0.4) is 0 Å². The first-order chi connectivity index (χ1) is 16.3. The van der Waals surface area contributed by atoms with E-state index in [2.05, 4.69) is 0 Å². The molecule has 1 atom stereocenters. The number of aliphatic hydroxyl groups is 1. The van der Waals surface area contributed by atoms with Gasteiger partial charge in [0, 0.05) is 16.3 Å². The molecule has 3 aromatic carbocycles. The van der Waals surface area contributed by atoms with E-state index in [0.29, 0.717) is 40.1 Å². The number of ketones is 1. The molecule has 1 fully saturated rings. The monoisotopic (exact) mass is 477 g/mol. The molecule has 0 radical (unpaired) electrons. The van der Waals surface area contributed by atoms with Crippen molar-refractivity contribution in [3.63, 3.8) is 0 Å². The number of halogens is 1. The predicted molar refractivity (Wildman–Crippen MR) is 131 cm³/mol. The molecule has 6 nitrogen and oxygen atoms in total. The van der Waals surface area contributed by atoms with E-state index in [0.717, 1.165) is 0 Å². The number of benzene rings is 3. The van der Waals surface area contributed by atoms with Gasteiger partial charge in [-0.1, -0.05) is 43.6 Å². The molecule has 3 aromatic rings. The van der Waals surface area contributed by atoms with Gasteiger partial charge in [-0.2, -0.15) is 0 Å². The Labute approximate surface area is 202 Å². The highest BCUT2D eigenvalue weighted by molar-refractivity contribution is 6.51. The van der Waals surface area contributed by atoms with E-state index in [1.54, 1.807) is 60.7 Å². The van der Waals surface area contributed by atoms with Crippen LogP contribution in [0.1, 0.15) is 31.0 Å². The van der Waals surface area contributed by atoms with E-state index in [1.807, 2.05) is 13.8 Å². The summed E-state index contributed by atoms with van der Waals surface area (Å²) in [6, 6.07) is 18.5. The van der Waals surface area contributed by atoms with Crippen LogP contribution < -0.4 is 9.64 Å². The highest BCUT2D eigenvalue weighted by Crippen LogP contribution is 2.43. The van der Waals surface area contributed by atoms with Gasteiger partial charge < -0.3 is 14.9 Å². The first kappa shape index (κ1) is 23.4. The predicted octanol–water partition coefficient (Wildman–Crippen LogP) is 5.71. The lowest BCUT2D eigenvalue weighted by Gasteiger charge is -2.25. The van der Waals surface area contributed by atoms with Gasteiger partial charge >= 0.3 is 0 Å². The van der Waals surface area contributed by atoms with Crippen molar-refractivity contribution in [2.45, 2.75) is 19.9 Å². The molecule has 174 valence electrons. The van der Waals surface area contributed by atoms with Gasteiger partial charge in [0.2, 0.25) is 0 Å². The van der Waals surface area contributed by atoms with Gasteiger partial charge in [-0.3, -0.25) is 14.5 Å². The molecular weight excluding hydrogens is 454 g/mol. The molecule has 7 heteroatoms. The van der Waals surface area contributed by atoms with Crippen molar-refractivity contribution in [3.8, 4) is 11.5 Å². The third-order valence-corrected chi connectivity index (χ3v) is 5.66. The Morgan fingerprint density at radius 1 is 1.03 bits per heavy atom. The number of carbonyl (C=O) groups is 2. The molecule has 1 heterocycles. The molecular formula is C27H24ClNO5. The van der Waals surface area contributed by atoms with E-state index in [-0.39, 0.29) is 17.1 Å². The summed E-state index contributed by atoms with van der Waals surface area (Å²) in [7, 11) is 0. The fraction of sp³-hybridized carbons (Fsp3) is 0.185. The molecule has 1 amide bonds. The highest BCUT2D eigenvalue weighted by atomic mass is 35.5. The standard InChI is InChI=1S/C27H24ClNO5/c1-16(2)15-34-22-11-9-17(10-12-22)25(31)23-24(18-5-3-8-21(30)13-18)29(27(33)26(23)32)20-7-4-6-19(28)14-20/h3-14,16,24,30-31H,15H2,1-2H3/b25-23+. The van der Waals surface area contributed by atoms with Gasteiger partial charge in [0.05, 0.1) is 18.2 Å². The van der Waals surface area contributed by atoms with Crippen LogP contribution in [0.25, 0.3) is 5.76 Å². The Hall–Kier alpha value is -3.77. The van der Waals surface area contributed by atoms with Crippen molar-refractivity contribution in [3.05, 3.63) is 94.5 Å². The van der Waals surface area contributed by atoms with Crippen LogP contribution in [0.15, 0.2) is 78.4 Å². The van der Waals surface area contributed by atoms with Crippen LogP contribution in [0, 0.1) is 5.92 Å². The zero-order chi connectivity index (χ0) is 24.4. The molecule has 1 aliphatic rings. The Morgan fingerprint density at radius 3 is 2.38 bits per heavy atom. The lowest BCUT2D eigenvalue weighted by molar-refractivity contribution is -0.132. The topological polar surface area (TPSA) is 87.1 Å². The number of Topliss-reactive ketones (excluding diaryl/α,β-unsaturated/α-hetero) is 1. The maximum Gasteiger partial charge on any atom is 0.300 e.